The highest BCUT2D eigenvalue weighted by Crippen LogP contribution is 2.35. The molecule has 2 rings (SSSR count). The third-order valence-corrected chi connectivity index (χ3v) is 4.06. The second kappa shape index (κ2) is 3.82. The Kier molecular flexibility index (Phi) is 2.94. The van der Waals surface area contributed by atoms with Gasteiger partial charge in [-0.2, -0.15) is 0 Å². The number of alkyl halides is 1. The van der Waals surface area contributed by atoms with Crippen molar-refractivity contribution in [2.75, 3.05) is 0 Å². The molecule has 0 radical (unpaired) electrons. The van der Waals surface area contributed by atoms with E-state index in [0.29, 0.717) is 0 Å². The van der Waals surface area contributed by atoms with Crippen molar-refractivity contribution in [1.82, 2.24) is 0 Å². The van der Waals surface area contributed by atoms with Crippen molar-refractivity contribution in [3.05, 3.63) is 33.5 Å². The topological polar surface area (TPSA) is 0 Å². The van der Waals surface area contributed by atoms with Crippen LogP contribution in [0.5, 0.6) is 0 Å². The molecule has 0 nitrogen and oxygen atoms in total. The number of hydrogen-bond acceptors (Lipinski definition) is 0. The van der Waals surface area contributed by atoms with E-state index in [1.165, 1.54) is 22.0 Å². The summed E-state index contributed by atoms with van der Waals surface area (Å²) in [5.74, 6) is 0.801. The van der Waals surface area contributed by atoms with E-state index in [0.717, 1.165) is 9.84 Å². The molecule has 0 amide bonds. The predicted molar refractivity (Wildman–Crippen MR) is 69.9 cm³/mol. The molecule has 0 N–H and O–H groups in total. The van der Waals surface area contributed by atoms with Crippen molar-refractivity contribution in [1.29, 1.82) is 0 Å². The van der Waals surface area contributed by atoms with Crippen LogP contribution in [0.25, 0.3) is 0 Å². The van der Waals surface area contributed by atoms with Gasteiger partial charge >= 0.3 is 0 Å². The standard InChI is InChI=1S/C10H10I2/c11-9-3-1-7-5-10(12)4-2-8(7)6-9/h1,3-5,8-9H,2,6H2. The molecule has 0 saturated carbocycles. The molecule has 64 valence electrons. The molecule has 0 heterocycles. The lowest BCUT2D eigenvalue weighted by molar-refractivity contribution is 0.579. The van der Waals surface area contributed by atoms with Gasteiger partial charge in [0.25, 0.3) is 0 Å². The minimum absolute atomic E-state index is 0.744. The van der Waals surface area contributed by atoms with Crippen molar-refractivity contribution in [2.45, 2.75) is 16.8 Å². The Morgan fingerprint density at radius 2 is 2.25 bits per heavy atom. The Bertz CT molecular complexity index is 274. The summed E-state index contributed by atoms with van der Waals surface area (Å²) in [5, 5.41) is 0. The molecule has 0 aliphatic heterocycles. The Morgan fingerprint density at radius 3 is 3.08 bits per heavy atom. The molecule has 0 aromatic heterocycles. The zero-order valence-electron chi connectivity index (χ0n) is 6.63. The van der Waals surface area contributed by atoms with Crippen molar-refractivity contribution >= 4 is 45.2 Å². The summed E-state index contributed by atoms with van der Waals surface area (Å²) < 4.78 is 2.14. The van der Waals surface area contributed by atoms with Gasteiger partial charge in [-0.1, -0.05) is 40.8 Å². The molecular formula is C10H10I2. The van der Waals surface area contributed by atoms with Gasteiger partial charge in [0.2, 0.25) is 0 Å². The minimum Gasteiger partial charge on any atom is -0.0780 e. The van der Waals surface area contributed by atoms with Gasteiger partial charge in [0.1, 0.15) is 0 Å². The fourth-order valence-corrected chi connectivity index (χ4v) is 3.14. The fourth-order valence-electron chi connectivity index (χ4n) is 1.71. The summed E-state index contributed by atoms with van der Waals surface area (Å²) >= 11 is 4.91. The van der Waals surface area contributed by atoms with Gasteiger partial charge in [-0.15, -0.1) is 0 Å². The number of halogens is 2. The maximum absolute atomic E-state index is 2.51. The average Bonchev–Trinajstić information content (AvgIpc) is 2.05. The summed E-state index contributed by atoms with van der Waals surface area (Å²) in [6.07, 6.45) is 11.8. The van der Waals surface area contributed by atoms with E-state index in [1.807, 2.05) is 0 Å². The highest BCUT2D eigenvalue weighted by molar-refractivity contribution is 14.1. The molecular weight excluding hydrogens is 374 g/mol. The summed E-state index contributed by atoms with van der Waals surface area (Å²) in [7, 11) is 0. The highest BCUT2D eigenvalue weighted by atomic mass is 127. The van der Waals surface area contributed by atoms with Crippen molar-refractivity contribution in [2.24, 2.45) is 5.92 Å². The molecule has 2 atom stereocenters. The normalized spacial score (nSPS) is 33.8. The summed E-state index contributed by atoms with van der Waals surface area (Å²) in [4.78, 5) is 0. The quantitative estimate of drug-likeness (QED) is 0.438. The Labute approximate surface area is 100 Å². The monoisotopic (exact) mass is 384 g/mol. The van der Waals surface area contributed by atoms with Gasteiger partial charge in [-0.25, -0.2) is 0 Å². The van der Waals surface area contributed by atoms with Gasteiger partial charge in [0.15, 0.2) is 0 Å². The van der Waals surface area contributed by atoms with Crippen LogP contribution in [0.1, 0.15) is 12.8 Å². The first kappa shape index (κ1) is 9.24. The average molecular weight is 384 g/mol. The summed E-state index contributed by atoms with van der Waals surface area (Å²) in [6.45, 7) is 0. The van der Waals surface area contributed by atoms with Gasteiger partial charge < -0.3 is 0 Å². The minimum atomic E-state index is 0.744. The number of hydrogen-bond donors (Lipinski definition) is 0. The third-order valence-electron chi connectivity index (χ3n) is 2.38. The molecule has 0 aromatic carbocycles. The largest absolute Gasteiger partial charge is 0.0780 e. The molecule has 0 fully saturated rings. The van der Waals surface area contributed by atoms with Crippen molar-refractivity contribution < 1.29 is 0 Å². The number of fused-ring (bicyclic) bond motifs is 1. The van der Waals surface area contributed by atoms with Crippen LogP contribution in [0.3, 0.4) is 0 Å². The Morgan fingerprint density at radius 1 is 1.42 bits per heavy atom. The van der Waals surface area contributed by atoms with E-state index in [1.54, 1.807) is 0 Å². The van der Waals surface area contributed by atoms with Crippen LogP contribution in [-0.4, -0.2) is 3.92 Å². The highest BCUT2D eigenvalue weighted by Gasteiger charge is 2.21. The molecule has 2 heteroatoms. The Balaban J connectivity index is 2.26. The maximum Gasteiger partial charge on any atom is 0.0298 e. The first-order valence-corrected chi connectivity index (χ1v) is 6.47. The fraction of sp³-hybridized carbons (Fsp3) is 0.400. The number of allylic oxidation sites excluding steroid dienone is 6. The van der Waals surface area contributed by atoms with Crippen LogP contribution >= 0.6 is 45.2 Å². The summed E-state index contributed by atoms with van der Waals surface area (Å²) in [6, 6.07) is 0. The lowest BCUT2D eigenvalue weighted by Gasteiger charge is -2.25. The van der Waals surface area contributed by atoms with E-state index in [4.69, 9.17) is 0 Å². The van der Waals surface area contributed by atoms with Gasteiger partial charge in [-0.05, 0) is 53.0 Å². The van der Waals surface area contributed by atoms with Crippen LogP contribution in [0, 0.1) is 5.92 Å². The number of rotatable bonds is 0. The summed E-state index contributed by atoms with van der Waals surface area (Å²) in [5.41, 5.74) is 1.54. The predicted octanol–water partition coefficient (Wildman–Crippen LogP) is 4.02. The van der Waals surface area contributed by atoms with Gasteiger partial charge in [0.05, 0.1) is 0 Å². The van der Waals surface area contributed by atoms with Crippen molar-refractivity contribution in [3.63, 3.8) is 0 Å². The second-order valence-corrected chi connectivity index (χ2v) is 6.12. The molecule has 2 unspecified atom stereocenters. The Hall–Kier alpha value is 0.680. The molecule has 0 saturated heterocycles. The third kappa shape index (κ3) is 1.95. The molecule has 0 bridgehead atoms. The zero-order valence-corrected chi connectivity index (χ0v) is 10.9. The van der Waals surface area contributed by atoms with Crippen LogP contribution in [0.2, 0.25) is 0 Å². The van der Waals surface area contributed by atoms with Crippen molar-refractivity contribution in [3.8, 4) is 0 Å². The van der Waals surface area contributed by atoms with Gasteiger partial charge in [-0.3, -0.25) is 0 Å². The van der Waals surface area contributed by atoms with E-state index < -0.39 is 0 Å². The lowest BCUT2D eigenvalue weighted by Crippen LogP contribution is -2.14. The second-order valence-electron chi connectivity index (χ2n) is 3.28. The van der Waals surface area contributed by atoms with E-state index in [2.05, 4.69) is 69.5 Å². The molecule has 2 aliphatic rings. The van der Waals surface area contributed by atoms with Gasteiger partial charge in [0, 0.05) is 7.50 Å². The SMILES string of the molecule is IC1=CCC2CC(I)C=CC2=C1. The van der Waals surface area contributed by atoms with E-state index in [9.17, 15) is 0 Å². The van der Waals surface area contributed by atoms with Crippen LogP contribution < -0.4 is 0 Å². The van der Waals surface area contributed by atoms with Crippen LogP contribution in [0.15, 0.2) is 33.5 Å². The maximum atomic E-state index is 2.51. The molecule has 12 heavy (non-hydrogen) atoms. The van der Waals surface area contributed by atoms with Crippen LogP contribution in [-0.2, 0) is 0 Å². The van der Waals surface area contributed by atoms with E-state index >= 15 is 0 Å². The smallest absolute Gasteiger partial charge is 0.0298 e. The van der Waals surface area contributed by atoms with E-state index in [-0.39, 0.29) is 0 Å². The van der Waals surface area contributed by atoms with Crippen LogP contribution in [0.4, 0.5) is 0 Å². The first-order chi connectivity index (χ1) is 5.75. The molecule has 0 aromatic rings. The zero-order chi connectivity index (χ0) is 8.55. The molecule has 0 spiro atoms. The molecule has 2 aliphatic carbocycles. The lowest BCUT2D eigenvalue weighted by atomic mass is 9.84. The first-order valence-electron chi connectivity index (χ1n) is 4.15.